The first kappa shape index (κ1) is 27.6. The average Bonchev–Trinajstić information content (AvgIpc) is 3.13. The van der Waals surface area contributed by atoms with Crippen molar-refractivity contribution in [2.45, 2.75) is 53.9 Å². The summed E-state index contributed by atoms with van der Waals surface area (Å²) in [6.07, 6.45) is 2.73. The number of hydrogen-bond donors (Lipinski definition) is 2. The third-order valence-corrected chi connectivity index (χ3v) is 7.96. The molecule has 1 aromatic carbocycles. The molecule has 1 atom stereocenters. The van der Waals surface area contributed by atoms with E-state index in [2.05, 4.69) is 47.3 Å². The van der Waals surface area contributed by atoms with E-state index in [0.717, 1.165) is 29.3 Å². The van der Waals surface area contributed by atoms with Crippen molar-refractivity contribution in [3.8, 4) is 5.75 Å². The van der Waals surface area contributed by atoms with Gasteiger partial charge >= 0.3 is 5.97 Å². The van der Waals surface area contributed by atoms with Crippen LogP contribution >= 0.6 is 39.5 Å². The number of hydrogen-bond acceptors (Lipinski definition) is 6. The van der Waals surface area contributed by atoms with Gasteiger partial charge in [0.25, 0.3) is 5.91 Å². The SMILES string of the molecule is COC(=O)c1c(NC(=S)NC(=O)c2cc(Br)ccc2OCC(C)C)sc2c1CCC(C(C)(C)C)C2. The van der Waals surface area contributed by atoms with Crippen LogP contribution in [0.2, 0.25) is 0 Å². The minimum absolute atomic E-state index is 0.112. The summed E-state index contributed by atoms with van der Waals surface area (Å²) in [6.45, 7) is 11.3. The van der Waals surface area contributed by atoms with E-state index in [0.29, 0.717) is 40.3 Å². The van der Waals surface area contributed by atoms with Gasteiger partial charge in [0, 0.05) is 9.35 Å². The number of halogens is 1. The number of thiocarbonyl (C=S) groups is 1. The van der Waals surface area contributed by atoms with E-state index in [4.69, 9.17) is 21.7 Å². The lowest BCUT2D eigenvalue weighted by atomic mass is 9.72. The van der Waals surface area contributed by atoms with Crippen LogP contribution in [-0.2, 0) is 17.6 Å². The minimum atomic E-state index is -0.398. The van der Waals surface area contributed by atoms with Gasteiger partial charge in [-0.25, -0.2) is 4.79 Å². The summed E-state index contributed by atoms with van der Waals surface area (Å²) < 4.78 is 11.7. The summed E-state index contributed by atoms with van der Waals surface area (Å²) in [5.74, 6) is 0.537. The van der Waals surface area contributed by atoms with E-state index in [1.165, 1.54) is 23.3 Å². The zero-order valence-electron chi connectivity index (χ0n) is 21.0. The molecule has 0 radical (unpaired) electrons. The van der Waals surface area contributed by atoms with Crippen LogP contribution in [0.3, 0.4) is 0 Å². The Labute approximate surface area is 225 Å². The quantitative estimate of drug-likeness (QED) is 0.295. The molecule has 1 unspecified atom stereocenters. The zero-order valence-corrected chi connectivity index (χ0v) is 24.3. The highest BCUT2D eigenvalue weighted by Gasteiger charge is 2.34. The van der Waals surface area contributed by atoms with Crippen LogP contribution in [0.5, 0.6) is 5.75 Å². The van der Waals surface area contributed by atoms with Crippen molar-refractivity contribution in [2.75, 3.05) is 19.0 Å². The molecule has 190 valence electrons. The summed E-state index contributed by atoms with van der Waals surface area (Å²) in [7, 11) is 1.38. The molecule has 1 amide bonds. The Balaban J connectivity index is 1.81. The summed E-state index contributed by atoms with van der Waals surface area (Å²) in [6, 6.07) is 5.28. The molecule has 1 heterocycles. The number of rotatable bonds is 6. The van der Waals surface area contributed by atoms with Crippen molar-refractivity contribution in [1.29, 1.82) is 0 Å². The summed E-state index contributed by atoms with van der Waals surface area (Å²) in [4.78, 5) is 26.9. The lowest BCUT2D eigenvalue weighted by molar-refractivity contribution is 0.0600. The molecular formula is C26H33BrN2O4S2. The van der Waals surface area contributed by atoms with Crippen molar-refractivity contribution in [3.05, 3.63) is 44.2 Å². The number of ether oxygens (including phenoxy) is 2. The Hall–Kier alpha value is -1.97. The molecule has 9 heteroatoms. The fourth-order valence-electron chi connectivity index (χ4n) is 4.10. The molecule has 3 rings (SSSR count). The van der Waals surface area contributed by atoms with Gasteiger partial charge in [-0.05, 0) is 72.5 Å². The lowest BCUT2D eigenvalue weighted by Gasteiger charge is -2.33. The number of anilines is 1. The van der Waals surface area contributed by atoms with Crippen LogP contribution < -0.4 is 15.4 Å². The number of methoxy groups -OCH3 is 1. The first-order valence-corrected chi connectivity index (χ1v) is 13.7. The van der Waals surface area contributed by atoms with Crippen molar-refractivity contribution in [1.82, 2.24) is 5.32 Å². The Morgan fingerprint density at radius 1 is 1.29 bits per heavy atom. The van der Waals surface area contributed by atoms with Crippen LogP contribution in [0.25, 0.3) is 0 Å². The van der Waals surface area contributed by atoms with Crippen molar-refractivity contribution >= 4 is 61.5 Å². The van der Waals surface area contributed by atoms with Gasteiger partial charge < -0.3 is 14.8 Å². The zero-order chi connectivity index (χ0) is 25.9. The molecule has 0 fully saturated rings. The van der Waals surface area contributed by atoms with Gasteiger partial charge in [0.15, 0.2) is 5.11 Å². The van der Waals surface area contributed by atoms with E-state index in [1.54, 1.807) is 12.1 Å². The second-order valence-corrected chi connectivity index (χ2v) is 12.7. The summed E-state index contributed by atoms with van der Waals surface area (Å²) >= 11 is 10.4. The van der Waals surface area contributed by atoms with Gasteiger partial charge in [0.1, 0.15) is 10.8 Å². The highest BCUT2D eigenvalue weighted by molar-refractivity contribution is 9.10. The molecule has 0 saturated carbocycles. The molecule has 1 aromatic heterocycles. The van der Waals surface area contributed by atoms with Gasteiger partial charge in [-0.15, -0.1) is 11.3 Å². The minimum Gasteiger partial charge on any atom is -0.492 e. The van der Waals surface area contributed by atoms with Gasteiger partial charge in [0.2, 0.25) is 0 Å². The highest BCUT2D eigenvalue weighted by Crippen LogP contribution is 2.44. The third-order valence-electron chi connectivity index (χ3n) is 6.09. The molecule has 6 nitrogen and oxygen atoms in total. The Kier molecular flexibility index (Phi) is 8.99. The van der Waals surface area contributed by atoms with Crippen LogP contribution in [0, 0.1) is 17.3 Å². The maximum Gasteiger partial charge on any atom is 0.341 e. The van der Waals surface area contributed by atoms with E-state index >= 15 is 0 Å². The van der Waals surface area contributed by atoms with E-state index in [9.17, 15) is 9.59 Å². The number of esters is 1. The number of carbonyl (C=O) groups excluding carboxylic acids is 2. The largest absolute Gasteiger partial charge is 0.492 e. The fourth-order valence-corrected chi connectivity index (χ4v) is 6.04. The number of carbonyl (C=O) groups is 2. The lowest BCUT2D eigenvalue weighted by Crippen LogP contribution is -2.34. The maximum absolute atomic E-state index is 13.1. The molecule has 0 bridgehead atoms. The fraction of sp³-hybridized carbons (Fsp3) is 0.500. The Morgan fingerprint density at radius 3 is 2.63 bits per heavy atom. The van der Waals surface area contributed by atoms with Gasteiger partial charge in [-0.3, -0.25) is 10.1 Å². The number of benzene rings is 1. The van der Waals surface area contributed by atoms with Crippen molar-refractivity contribution in [3.63, 3.8) is 0 Å². The number of nitrogens with one attached hydrogen (secondary N) is 2. The van der Waals surface area contributed by atoms with Crippen LogP contribution in [0.1, 0.15) is 72.2 Å². The first-order chi connectivity index (χ1) is 16.4. The maximum atomic E-state index is 13.1. The monoisotopic (exact) mass is 580 g/mol. The molecule has 0 saturated heterocycles. The van der Waals surface area contributed by atoms with E-state index in [1.807, 2.05) is 19.9 Å². The molecule has 2 aromatic rings. The molecule has 35 heavy (non-hydrogen) atoms. The predicted molar refractivity (Wildman–Crippen MR) is 149 cm³/mol. The molecule has 0 aliphatic heterocycles. The molecule has 0 spiro atoms. The summed E-state index contributed by atoms with van der Waals surface area (Å²) in [5.41, 5.74) is 2.09. The second kappa shape index (κ2) is 11.4. The normalized spacial score (nSPS) is 15.4. The van der Waals surface area contributed by atoms with Crippen molar-refractivity contribution < 1.29 is 19.1 Å². The van der Waals surface area contributed by atoms with E-state index < -0.39 is 11.9 Å². The predicted octanol–water partition coefficient (Wildman–Crippen LogP) is 6.61. The third kappa shape index (κ3) is 6.83. The van der Waals surface area contributed by atoms with Crippen LogP contribution in [-0.4, -0.2) is 30.7 Å². The standard InChI is InChI=1S/C26H33BrN2O4S2/c1-14(2)13-33-19-10-8-16(27)12-18(19)22(30)28-25(34)29-23-21(24(31)32-6)17-9-7-15(26(3,4)5)11-20(17)35-23/h8,10,12,14-15H,7,9,11,13H2,1-6H3,(H2,28,29,30,34). The topological polar surface area (TPSA) is 76.7 Å². The molecular weight excluding hydrogens is 548 g/mol. The summed E-state index contributed by atoms with van der Waals surface area (Å²) in [5, 5.41) is 6.53. The number of thiophene rings is 1. The average molecular weight is 582 g/mol. The van der Waals surface area contributed by atoms with E-state index in [-0.39, 0.29) is 10.5 Å². The van der Waals surface area contributed by atoms with Gasteiger partial charge in [-0.2, -0.15) is 0 Å². The number of amides is 1. The Bertz CT molecular complexity index is 1120. The number of fused-ring (bicyclic) bond motifs is 1. The second-order valence-electron chi connectivity index (χ2n) is 10.3. The highest BCUT2D eigenvalue weighted by atomic mass is 79.9. The van der Waals surface area contributed by atoms with Crippen molar-refractivity contribution in [2.24, 2.45) is 17.3 Å². The van der Waals surface area contributed by atoms with Gasteiger partial charge in [0.05, 0.1) is 24.8 Å². The van der Waals surface area contributed by atoms with Crippen LogP contribution in [0.4, 0.5) is 5.00 Å². The Morgan fingerprint density at radius 2 is 2.00 bits per heavy atom. The first-order valence-electron chi connectivity index (χ1n) is 11.7. The van der Waals surface area contributed by atoms with Gasteiger partial charge in [-0.1, -0.05) is 50.5 Å². The van der Waals surface area contributed by atoms with Crippen LogP contribution in [0.15, 0.2) is 22.7 Å². The molecule has 1 aliphatic rings. The molecule has 1 aliphatic carbocycles. The smallest absolute Gasteiger partial charge is 0.341 e. The molecule has 2 N–H and O–H groups in total.